The Morgan fingerprint density at radius 2 is 2.10 bits per heavy atom. The maximum Gasteiger partial charge on any atom is 0.124 e. The van der Waals surface area contributed by atoms with Crippen LogP contribution >= 0.6 is 0 Å². The molecule has 1 aromatic rings. The van der Waals surface area contributed by atoms with E-state index >= 15 is 0 Å². The predicted octanol–water partition coefficient (Wildman–Crippen LogP) is 3.98. The third kappa shape index (κ3) is 3.36. The maximum absolute atomic E-state index is 13.4. The monoisotopic (exact) mass is 290 g/mol. The molecule has 21 heavy (non-hydrogen) atoms. The second-order valence-corrected chi connectivity index (χ2v) is 6.02. The van der Waals surface area contributed by atoms with Gasteiger partial charge in [-0.3, -0.25) is 5.01 Å². The van der Waals surface area contributed by atoms with Gasteiger partial charge in [-0.05, 0) is 37.0 Å². The number of nitrogens with zero attached hydrogens (tertiary/aromatic N) is 2. The highest BCUT2D eigenvalue weighted by Gasteiger charge is 2.24. The molecule has 3 nitrogen and oxygen atoms in total. The van der Waals surface area contributed by atoms with Crippen molar-refractivity contribution in [3.63, 3.8) is 0 Å². The highest BCUT2D eigenvalue weighted by Crippen LogP contribution is 2.29. The van der Waals surface area contributed by atoms with Crippen LogP contribution < -0.4 is 4.74 Å². The van der Waals surface area contributed by atoms with Crippen LogP contribution in [0.3, 0.4) is 0 Å². The highest BCUT2D eigenvalue weighted by atomic mass is 19.1. The van der Waals surface area contributed by atoms with Crippen LogP contribution in [0.1, 0.15) is 44.1 Å². The molecule has 0 N–H and O–H groups in total. The zero-order valence-electron chi connectivity index (χ0n) is 12.6. The molecule has 0 atom stereocenters. The first-order valence-corrected chi connectivity index (χ1v) is 7.91. The topological polar surface area (TPSA) is 24.8 Å². The van der Waals surface area contributed by atoms with E-state index in [1.807, 2.05) is 0 Å². The molecule has 0 spiro atoms. The molecule has 0 amide bonds. The van der Waals surface area contributed by atoms with Gasteiger partial charge in [0, 0.05) is 24.2 Å². The van der Waals surface area contributed by atoms with Gasteiger partial charge in [-0.2, -0.15) is 5.10 Å². The molecule has 0 aromatic heterocycles. The molecular formula is C17H23FN2O. The number of ether oxygens (including phenoxy) is 1. The number of halogens is 1. The van der Waals surface area contributed by atoms with E-state index in [9.17, 15) is 4.39 Å². The van der Waals surface area contributed by atoms with E-state index in [1.165, 1.54) is 43.9 Å². The van der Waals surface area contributed by atoms with Gasteiger partial charge in [0.15, 0.2) is 0 Å². The van der Waals surface area contributed by atoms with Crippen LogP contribution in [0, 0.1) is 11.7 Å². The van der Waals surface area contributed by atoms with Gasteiger partial charge in [0.25, 0.3) is 0 Å². The second kappa shape index (κ2) is 6.46. The Morgan fingerprint density at radius 3 is 2.86 bits per heavy atom. The fraction of sp³-hybridized carbons (Fsp3) is 0.588. The molecule has 1 aliphatic heterocycles. The van der Waals surface area contributed by atoms with Crippen LogP contribution in [-0.4, -0.2) is 24.4 Å². The van der Waals surface area contributed by atoms with Crippen molar-refractivity contribution in [3.8, 4) is 5.75 Å². The van der Waals surface area contributed by atoms with Crippen LogP contribution in [0.2, 0.25) is 0 Å². The fourth-order valence-electron chi connectivity index (χ4n) is 3.43. The largest absolute Gasteiger partial charge is 0.496 e. The molecule has 1 aliphatic carbocycles. The number of hydrogen-bond acceptors (Lipinski definition) is 3. The van der Waals surface area contributed by atoms with Crippen LogP contribution in [0.5, 0.6) is 5.75 Å². The number of rotatable bonds is 4. The van der Waals surface area contributed by atoms with Crippen molar-refractivity contribution in [1.29, 1.82) is 0 Å². The Morgan fingerprint density at radius 1 is 1.29 bits per heavy atom. The summed E-state index contributed by atoms with van der Waals surface area (Å²) in [6.45, 7) is 1.56. The van der Waals surface area contributed by atoms with Crippen molar-refractivity contribution in [2.45, 2.75) is 45.1 Å². The van der Waals surface area contributed by atoms with Crippen molar-refractivity contribution in [2.24, 2.45) is 11.0 Å². The van der Waals surface area contributed by atoms with Crippen molar-refractivity contribution in [1.82, 2.24) is 5.01 Å². The molecule has 0 saturated heterocycles. The molecular weight excluding hydrogens is 267 g/mol. The van der Waals surface area contributed by atoms with Crippen LogP contribution in [-0.2, 0) is 6.54 Å². The Balaban J connectivity index is 1.68. The van der Waals surface area contributed by atoms with Crippen molar-refractivity contribution in [2.75, 3.05) is 13.7 Å². The maximum atomic E-state index is 13.4. The Labute approximate surface area is 125 Å². The van der Waals surface area contributed by atoms with Crippen molar-refractivity contribution >= 4 is 5.71 Å². The van der Waals surface area contributed by atoms with Gasteiger partial charge < -0.3 is 4.74 Å². The van der Waals surface area contributed by atoms with Gasteiger partial charge in [-0.25, -0.2) is 4.39 Å². The molecule has 0 bridgehead atoms. The summed E-state index contributed by atoms with van der Waals surface area (Å²) in [5.74, 6) is 1.19. The van der Waals surface area contributed by atoms with Gasteiger partial charge in [0.2, 0.25) is 0 Å². The number of methoxy groups -OCH3 is 1. The minimum absolute atomic E-state index is 0.221. The Hall–Kier alpha value is -1.58. The lowest BCUT2D eigenvalue weighted by molar-refractivity contribution is 0.300. The van der Waals surface area contributed by atoms with E-state index < -0.39 is 0 Å². The van der Waals surface area contributed by atoms with Crippen LogP contribution in [0.4, 0.5) is 4.39 Å². The zero-order valence-corrected chi connectivity index (χ0v) is 12.6. The number of hydrogen-bond donors (Lipinski definition) is 0. The molecule has 1 saturated carbocycles. The van der Waals surface area contributed by atoms with Gasteiger partial charge in [0.05, 0.1) is 13.7 Å². The zero-order chi connectivity index (χ0) is 14.7. The van der Waals surface area contributed by atoms with Gasteiger partial charge >= 0.3 is 0 Å². The minimum Gasteiger partial charge on any atom is -0.496 e. The molecule has 3 rings (SSSR count). The standard InChI is InChI=1S/C17H23FN2O/c1-21-17-8-7-15(18)11-14(17)12-20-10-9-16(19-20)13-5-3-2-4-6-13/h7-8,11,13H,2-6,9-10,12H2,1H3. The van der Waals surface area contributed by atoms with Crippen LogP contribution in [0.15, 0.2) is 23.3 Å². The number of benzene rings is 1. The summed E-state index contributed by atoms with van der Waals surface area (Å²) in [5, 5.41) is 6.84. The summed E-state index contributed by atoms with van der Waals surface area (Å²) < 4.78 is 18.7. The lowest BCUT2D eigenvalue weighted by Gasteiger charge is -2.21. The molecule has 0 radical (unpaired) electrons. The van der Waals surface area contributed by atoms with E-state index in [2.05, 4.69) is 5.01 Å². The summed E-state index contributed by atoms with van der Waals surface area (Å²) in [5.41, 5.74) is 2.22. The van der Waals surface area contributed by atoms with Gasteiger partial charge in [-0.15, -0.1) is 0 Å². The fourth-order valence-corrected chi connectivity index (χ4v) is 3.43. The summed E-state index contributed by atoms with van der Waals surface area (Å²) in [6.07, 6.45) is 7.67. The van der Waals surface area contributed by atoms with Gasteiger partial charge in [-0.1, -0.05) is 19.3 Å². The van der Waals surface area contributed by atoms with E-state index in [4.69, 9.17) is 9.84 Å². The molecule has 4 heteroatoms. The third-order valence-corrected chi connectivity index (χ3v) is 4.57. The summed E-state index contributed by atoms with van der Waals surface area (Å²) in [7, 11) is 1.62. The van der Waals surface area contributed by atoms with Gasteiger partial charge in [0.1, 0.15) is 11.6 Å². The van der Waals surface area contributed by atoms with E-state index in [1.54, 1.807) is 19.2 Å². The average Bonchev–Trinajstić information content (AvgIpc) is 2.97. The summed E-state index contributed by atoms with van der Waals surface area (Å²) in [4.78, 5) is 0. The molecule has 1 heterocycles. The van der Waals surface area contributed by atoms with Crippen LogP contribution in [0.25, 0.3) is 0 Å². The van der Waals surface area contributed by atoms with E-state index in [0.717, 1.165) is 24.3 Å². The molecule has 114 valence electrons. The number of hydrazone groups is 1. The lowest BCUT2D eigenvalue weighted by atomic mass is 9.85. The molecule has 1 fully saturated rings. The molecule has 2 aliphatic rings. The van der Waals surface area contributed by atoms with Crippen molar-refractivity contribution in [3.05, 3.63) is 29.6 Å². The Kier molecular flexibility index (Phi) is 4.42. The quantitative estimate of drug-likeness (QED) is 0.838. The molecule has 0 unspecified atom stereocenters. The minimum atomic E-state index is -0.221. The van der Waals surface area contributed by atoms with Crippen molar-refractivity contribution < 1.29 is 9.13 Å². The first kappa shape index (κ1) is 14.4. The predicted molar refractivity (Wildman–Crippen MR) is 82.0 cm³/mol. The third-order valence-electron chi connectivity index (χ3n) is 4.57. The smallest absolute Gasteiger partial charge is 0.124 e. The summed E-state index contributed by atoms with van der Waals surface area (Å²) in [6, 6.07) is 4.67. The Bertz CT molecular complexity index is 524. The lowest BCUT2D eigenvalue weighted by Crippen LogP contribution is -2.16. The van der Waals surface area contributed by atoms with E-state index in [0.29, 0.717) is 12.5 Å². The van der Waals surface area contributed by atoms with E-state index in [-0.39, 0.29) is 5.82 Å². The first-order chi connectivity index (χ1) is 10.3. The second-order valence-electron chi connectivity index (χ2n) is 6.02. The normalized spacial score (nSPS) is 19.7. The highest BCUT2D eigenvalue weighted by molar-refractivity contribution is 5.87. The molecule has 1 aromatic carbocycles. The average molecular weight is 290 g/mol. The SMILES string of the molecule is COc1ccc(F)cc1CN1CCC(C2CCCCC2)=N1. The first-order valence-electron chi connectivity index (χ1n) is 7.91. The summed E-state index contributed by atoms with van der Waals surface area (Å²) >= 11 is 0.